The van der Waals surface area contributed by atoms with Gasteiger partial charge in [-0.2, -0.15) is 0 Å². The van der Waals surface area contributed by atoms with E-state index >= 15 is 0 Å². The molecule has 9 heteroatoms. The van der Waals surface area contributed by atoms with Gasteiger partial charge in [-0.15, -0.1) is 11.3 Å². The Morgan fingerprint density at radius 3 is 2.42 bits per heavy atom. The van der Waals surface area contributed by atoms with E-state index < -0.39 is 0 Å². The highest BCUT2D eigenvalue weighted by Gasteiger charge is 2.13. The Morgan fingerprint density at radius 2 is 1.72 bits per heavy atom. The molecule has 2 aromatic carbocycles. The standard InChI is InChI=1S/C27H34FN5O2S/c1-2-3-13-29-26(34)30-14-4-15-33-25(20-36-27(33)31-23-9-7-22(28)8-10-23)21-5-11-24(12-6-21)32-16-18-35-19-17-32/h5-12,20H,2-4,13-19H2,1H3,(H2,29,30,34). The van der Waals surface area contributed by atoms with E-state index in [-0.39, 0.29) is 11.8 Å². The molecule has 0 unspecified atom stereocenters. The SMILES string of the molecule is CCCCNC(=O)NCCCn1c(-c2ccc(N3CCOCC3)cc2)csc1=Nc1ccc(F)cc1. The van der Waals surface area contributed by atoms with E-state index in [9.17, 15) is 9.18 Å². The Balaban J connectivity index is 1.51. The van der Waals surface area contributed by atoms with Crippen molar-refractivity contribution in [2.45, 2.75) is 32.7 Å². The highest BCUT2D eigenvalue weighted by molar-refractivity contribution is 7.07. The number of anilines is 1. The normalized spacial score (nSPS) is 14.2. The predicted octanol–water partition coefficient (Wildman–Crippen LogP) is 4.91. The molecule has 7 nitrogen and oxygen atoms in total. The first kappa shape index (κ1) is 25.9. The fourth-order valence-corrected chi connectivity index (χ4v) is 4.99. The van der Waals surface area contributed by atoms with Gasteiger partial charge in [-0.3, -0.25) is 0 Å². The number of unbranched alkanes of at least 4 members (excludes halogenated alkanes) is 1. The Bertz CT molecular complexity index is 1170. The summed E-state index contributed by atoms with van der Waals surface area (Å²) in [6.45, 7) is 7.35. The van der Waals surface area contributed by atoms with E-state index in [1.54, 1.807) is 23.5 Å². The van der Waals surface area contributed by atoms with Gasteiger partial charge < -0.3 is 24.8 Å². The molecule has 1 aliphatic rings. The first-order valence-corrected chi connectivity index (χ1v) is 13.5. The minimum atomic E-state index is -0.280. The third-order valence-corrected chi connectivity index (χ3v) is 6.91. The molecule has 0 spiro atoms. The molecule has 2 N–H and O–H groups in total. The van der Waals surface area contributed by atoms with Crippen LogP contribution in [0.25, 0.3) is 11.3 Å². The largest absolute Gasteiger partial charge is 0.378 e. The number of amides is 2. The summed E-state index contributed by atoms with van der Waals surface area (Å²) in [5.41, 5.74) is 4.07. The number of thiazole rings is 1. The number of aromatic nitrogens is 1. The average Bonchev–Trinajstić information content (AvgIpc) is 3.31. The summed E-state index contributed by atoms with van der Waals surface area (Å²) in [6.07, 6.45) is 2.78. The van der Waals surface area contributed by atoms with Crippen molar-refractivity contribution in [3.8, 4) is 11.3 Å². The van der Waals surface area contributed by atoms with E-state index in [0.717, 1.165) is 61.6 Å². The van der Waals surface area contributed by atoms with Crippen LogP contribution in [-0.2, 0) is 11.3 Å². The molecule has 0 aliphatic carbocycles. The van der Waals surface area contributed by atoms with Crippen LogP contribution in [-0.4, -0.2) is 50.0 Å². The number of nitrogens with one attached hydrogen (secondary N) is 2. The number of hydrogen-bond acceptors (Lipinski definition) is 5. The number of benzene rings is 2. The van der Waals surface area contributed by atoms with Crippen LogP contribution in [0.2, 0.25) is 0 Å². The van der Waals surface area contributed by atoms with Gasteiger partial charge in [0.2, 0.25) is 0 Å². The van der Waals surface area contributed by atoms with Gasteiger partial charge in [-0.1, -0.05) is 25.5 Å². The Morgan fingerprint density at radius 1 is 1.03 bits per heavy atom. The zero-order chi connectivity index (χ0) is 25.2. The Hall–Kier alpha value is -3.17. The number of halogens is 1. The van der Waals surface area contributed by atoms with Crippen molar-refractivity contribution >= 4 is 28.7 Å². The lowest BCUT2D eigenvalue weighted by molar-refractivity contribution is 0.122. The second-order valence-corrected chi connectivity index (χ2v) is 9.52. The molecule has 192 valence electrons. The maximum Gasteiger partial charge on any atom is 0.314 e. The molecule has 36 heavy (non-hydrogen) atoms. The lowest BCUT2D eigenvalue weighted by Gasteiger charge is -2.28. The van der Waals surface area contributed by atoms with Crippen molar-refractivity contribution < 1.29 is 13.9 Å². The summed E-state index contributed by atoms with van der Waals surface area (Å²) in [6, 6.07) is 14.7. The number of ether oxygens (including phenoxy) is 1. The maximum absolute atomic E-state index is 13.4. The summed E-state index contributed by atoms with van der Waals surface area (Å²) >= 11 is 1.56. The van der Waals surface area contributed by atoms with Crippen molar-refractivity contribution in [2.75, 3.05) is 44.3 Å². The smallest absolute Gasteiger partial charge is 0.314 e. The van der Waals surface area contributed by atoms with E-state index in [1.165, 1.54) is 17.8 Å². The van der Waals surface area contributed by atoms with E-state index in [0.29, 0.717) is 25.3 Å². The molecule has 0 atom stereocenters. The van der Waals surface area contributed by atoms with Crippen LogP contribution in [0.3, 0.4) is 0 Å². The van der Waals surface area contributed by atoms with Gasteiger partial charge in [-0.25, -0.2) is 14.2 Å². The first-order valence-electron chi connectivity index (χ1n) is 12.6. The number of nitrogens with zero attached hydrogens (tertiary/aromatic N) is 3. The lowest BCUT2D eigenvalue weighted by atomic mass is 10.1. The topological polar surface area (TPSA) is 70.9 Å². The predicted molar refractivity (Wildman–Crippen MR) is 143 cm³/mol. The molecule has 4 rings (SSSR count). The third-order valence-electron chi connectivity index (χ3n) is 6.05. The van der Waals surface area contributed by atoms with Crippen molar-refractivity contribution in [1.82, 2.24) is 15.2 Å². The van der Waals surface area contributed by atoms with Crippen LogP contribution < -0.4 is 20.3 Å². The van der Waals surface area contributed by atoms with Crippen LogP contribution in [0.1, 0.15) is 26.2 Å². The number of morpholine rings is 1. The van der Waals surface area contributed by atoms with E-state index in [4.69, 9.17) is 9.73 Å². The fraction of sp³-hybridized carbons (Fsp3) is 0.407. The minimum Gasteiger partial charge on any atom is -0.378 e. The number of carbonyl (C=O) groups is 1. The van der Waals surface area contributed by atoms with Crippen LogP contribution in [0.4, 0.5) is 20.6 Å². The van der Waals surface area contributed by atoms with E-state index in [1.807, 2.05) is 0 Å². The summed E-state index contributed by atoms with van der Waals surface area (Å²) in [5.74, 6) is -0.280. The second kappa shape index (κ2) is 13.2. The minimum absolute atomic E-state index is 0.131. The molecular formula is C27H34FN5O2S. The molecule has 3 aromatic rings. The van der Waals surface area contributed by atoms with Gasteiger partial charge in [0.25, 0.3) is 0 Å². The second-order valence-electron chi connectivity index (χ2n) is 8.68. The van der Waals surface area contributed by atoms with Crippen LogP contribution in [0.15, 0.2) is 58.9 Å². The average molecular weight is 512 g/mol. The van der Waals surface area contributed by atoms with Crippen LogP contribution in [0, 0.1) is 5.82 Å². The summed E-state index contributed by atoms with van der Waals surface area (Å²) in [7, 11) is 0. The van der Waals surface area contributed by atoms with Crippen molar-refractivity contribution in [1.29, 1.82) is 0 Å². The Labute approximate surface area is 215 Å². The highest BCUT2D eigenvalue weighted by atomic mass is 32.1. The summed E-state index contributed by atoms with van der Waals surface area (Å²) in [5, 5.41) is 7.92. The molecule has 0 bridgehead atoms. The molecule has 0 saturated carbocycles. The zero-order valence-electron chi connectivity index (χ0n) is 20.7. The van der Waals surface area contributed by atoms with Gasteiger partial charge in [-0.05, 0) is 54.8 Å². The maximum atomic E-state index is 13.4. The summed E-state index contributed by atoms with van der Waals surface area (Å²) < 4.78 is 21.0. The number of carbonyl (C=O) groups excluding carboxylic acids is 1. The fourth-order valence-electron chi connectivity index (χ4n) is 4.04. The molecule has 2 amide bonds. The van der Waals surface area contributed by atoms with Gasteiger partial charge in [0.05, 0.1) is 24.6 Å². The van der Waals surface area contributed by atoms with Gasteiger partial charge in [0.15, 0.2) is 4.80 Å². The van der Waals surface area contributed by atoms with Gasteiger partial charge in [0, 0.05) is 43.8 Å². The van der Waals surface area contributed by atoms with Crippen LogP contribution >= 0.6 is 11.3 Å². The highest BCUT2D eigenvalue weighted by Crippen LogP contribution is 2.25. The molecular weight excluding hydrogens is 477 g/mol. The van der Waals surface area contributed by atoms with Crippen molar-refractivity contribution in [3.63, 3.8) is 0 Å². The molecule has 2 heterocycles. The van der Waals surface area contributed by atoms with E-state index in [2.05, 4.69) is 56.7 Å². The Kier molecular flexibility index (Phi) is 9.52. The zero-order valence-corrected chi connectivity index (χ0v) is 21.5. The van der Waals surface area contributed by atoms with Gasteiger partial charge >= 0.3 is 6.03 Å². The first-order chi connectivity index (χ1) is 17.6. The molecule has 1 fully saturated rings. The molecule has 1 aliphatic heterocycles. The number of urea groups is 1. The van der Waals surface area contributed by atoms with Crippen molar-refractivity contribution in [2.24, 2.45) is 4.99 Å². The van der Waals surface area contributed by atoms with Crippen molar-refractivity contribution in [3.05, 3.63) is 64.5 Å². The quantitative estimate of drug-likeness (QED) is 0.380. The third kappa shape index (κ3) is 7.18. The van der Waals surface area contributed by atoms with Crippen LogP contribution in [0.5, 0.6) is 0 Å². The lowest BCUT2D eigenvalue weighted by Crippen LogP contribution is -2.37. The number of rotatable bonds is 10. The summed E-state index contributed by atoms with van der Waals surface area (Å²) in [4.78, 5) is 19.9. The molecule has 1 saturated heterocycles. The number of hydrogen-bond donors (Lipinski definition) is 2. The monoisotopic (exact) mass is 511 g/mol. The molecule has 1 aromatic heterocycles. The molecule has 0 radical (unpaired) electrons. The van der Waals surface area contributed by atoms with Gasteiger partial charge in [0.1, 0.15) is 5.82 Å².